The van der Waals surface area contributed by atoms with E-state index in [1.54, 1.807) is 6.33 Å². The molecule has 1 fully saturated rings. The fraction of sp³-hybridized carbons (Fsp3) is 0.333. The van der Waals surface area contributed by atoms with Gasteiger partial charge in [-0.25, -0.2) is 14.6 Å². The van der Waals surface area contributed by atoms with Crippen LogP contribution in [0, 0.1) is 5.92 Å². The summed E-state index contributed by atoms with van der Waals surface area (Å²) in [5.74, 6) is 0.915. The summed E-state index contributed by atoms with van der Waals surface area (Å²) in [6.07, 6.45) is 5.87. The first-order chi connectivity index (χ1) is 12.2. The molecule has 7 heteroatoms. The van der Waals surface area contributed by atoms with Gasteiger partial charge in [0.1, 0.15) is 12.1 Å². The van der Waals surface area contributed by atoms with Crippen molar-refractivity contribution in [3.8, 4) is 5.69 Å². The van der Waals surface area contributed by atoms with Gasteiger partial charge in [0.25, 0.3) is 0 Å². The van der Waals surface area contributed by atoms with Crippen LogP contribution in [0.2, 0.25) is 0 Å². The molecular formula is C18H20N6O. The number of nitrogens with zero attached hydrogens (tertiary/aromatic N) is 5. The molecule has 1 unspecified atom stereocenters. The number of carbonyl (C=O) groups is 1. The monoisotopic (exact) mass is 336 g/mol. The van der Waals surface area contributed by atoms with E-state index >= 15 is 0 Å². The molecule has 0 saturated carbocycles. The second kappa shape index (κ2) is 6.51. The Morgan fingerprint density at radius 2 is 2.08 bits per heavy atom. The van der Waals surface area contributed by atoms with Gasteiger partial charge in [0, 0.05) is 19.5 Å². The minimum absolute atomic E-state index is 0.239. The third-order valence-corrected chi connectivity index (χ3v) is 4.65. The van der Waals surface area contributed by atoms with Crippen molar-refractivity contribution in [1.82, 2.24) is 19.7 Å². The lowest BCUT2D eigenvalue weighted by molar-refractivity contribution is -0.118. The Balaban J connectivity index is 1.69. The number of piperidine rings is 1. The van der Waals surface area contributed by atoms with Gasteiger partial charge in [0.05, 0.1) is 17.3 Å². The Morgan fingerprint density at radius 1 is 1.24 bits per heavy atom. The highest BCUT2D eigenvalue weighted by Crippen LogP contribution is 2.29. The molecule has 0 bridgehead atoms. The van der Waals surface area contributed by atoms with Gasteiger partial charge >= 0.3 is 0 Å². The summed E-state index contributed by atoms with van der Waals surface area (Å²) in [6.45, 7) is 1.70. The molecule has 1 atom stereocenters. The molecule has 128 valence electrons. The number of anilines is 1. The van der Waals surface area contributed by atoms with E-state index < -0.39 is 0 Å². The molecule has 2 aromatic heterocycles. The van der Waals surface area contributed by atoms with E-state index in [0.29, 0.717) is 6.42 Å². The minimum Gasteiger partial charge on any atom is -0.370 e. The van der Waals surface area contributed by atoms with E-state index in [9.17, 15) is 4.79 Å². The number of carbonyl (C=O) groups excluding carboxylic acids is 1. The summed E-state index contributed by atoms with van der Waals surface area (Å²) < 4.78 is 1.82. The maximum Gasteiger partial charge on any atom is 0.217 e. The van der Waals surface area contributed by atoms with E-state index in [1.165, 1.54) is 0 Å². The lowest BCUT2D eigenvalue weighted by Gasteiger charge is -2.33. The zero-order valence-corrected chi connectivity index (χ0v) is 13.9. The van der Waals surface area contributed by atoms with Crippen molar-refractivity contribution >= 4 is 22.8 Å². The Bertz CT molecular complexity index is 891. The first kappa shape index (κ1) is 15.6. The van der Waals surface area contributed by atoms with Crippen LogP contribution in [0.5, 0.6) is 0 Å². The molecule has 0 spiro atoms. The van der Waals surface area contributed by atoms with Crippen molar-refractivity contribution < 1.29 is 4.79 Å². The van der Waals surface area contributed by atoms with Crippen LogP contribution in [-0.2, 0) is 4.79 Å². The van der Waals surface area contributed by atoms with Gasteiger partial charge in [0.15, 0.2) is 5.65 Å². The molecule has 0 radical (unpaired) electrons. The van der Waals surface area contributed by atoms with Crippen LogP contribution in [-0.4, -0.2) is 38.7 Å². The number of hydrogen-bond donors (Lipinski definition) is 1. The van der Waals surface area contributed by atoms with Crippen LogP contribution >= 0.6 is 0 Å². The average molecular weight is 336 g/mol. The number of benzene rings is 1. The lowest BCUT2D eigenvalue weighted by atomic mass is 9.94. The zero-order chi connectivity index (χ0) is 17.2. The first-order valence-electron chi connectivity index (χ1n) is 8.50. The van der Waals surface area contributed by atoms with Crippen LogP contribution < -0.4 is 10.6 Å². The highest BCUT2D eigenvalue weighted by molar-refractivity contribution is 5.87. The number of rotatable bonds is 4. The van der Waals surface area contributed by atoms with Crippen LogP contribution in [0.4, 0.5) is 5.82 Å². The standard InChI is InChI=1S/C18H20N6O/c19-16(25)9-13-5-4-8-23(11-13)17-15-10-22-24(18(15)21-12-20-17)14-6-2-1-3-7-14/h1-3,6-7,10,12-13H,4-5,8-9,11H2,(H2,19,25). The Labute approximate surface area is 145 Å². The van der Waals surface area contributed by atoms with Gasteiger partial charge < -0.3 is 10.6 Å². The topological polar surface area (TPSA) is 89.9 Å². The molecule has 25 heavy (non-hydrogen) atoms. The van der Waals surface area contributed by atoms with Crippen LogP contribution in [0.1, 0.15) is 19.3 Å². The molecule has 3 aromatic rings. The minimum atomic E-state index is -0.239. The Morgan fingerprint density at radius 3 is 2.88 bits per heavy atom. The number of para-hydroxylation sites is 1. The molecule has 3 heterocycles. The number of fused-ring (bicyclic) bond motifs is 1. The average Bonchev–Trinajstić information content (AvgIpc) is 3.06. The van der Waals surface area contributed by atoms with Gasteiger partial charge in [-0.05, 0) is 30.9 Å². The molecule has 7 nitrogen and oxygen atoms in total. The first-order valence-corrected chi connectivity index (χ1v) is 8.50. The van der Waals surface area contributed by atoms with Crippen LogP contribution in [0.3, 0.4) is 0 Å². The number of nitrogens with two attached hydrogens (primary N) is 1. The summed E-state index contributed by atoms with van der Waals surface area (Å²) in [6, 6.07) is 9.92. The SMILES string of the molecule is NC(=O)CC1CCCN(c2ncnc3c2cnn3-c2ccccc2)C1. The second-order valence-corrected chi connectivity index (χ2v) is 6.45. The third kappa shape index (κ3) is 3.05. The van der Waals surface area contributed by atoms with Gasteiger partial charge in [-0.15, -0.1) is 0 Å². The van der Waals surface area contributed by atoms with Crippen molar-refractivity contribution in [3.05, 3.63) is 42.9 Å². The lowest BCUT2D eigenvalue weighted by Crippen LogP contribution is -2.37. The molecule has 1 aromatic carbocycles. The predicted octanol–water partition coefficient (Wildman–Crippen LogP) is 1.91. The van der Waals surface area contributed by atoms with Crippen molar-refractivity contribution in [2.24, 2.45) is 11.7 Å². The fourth-order valence-electron chi connectivity index (χ4n) is 3.55. The molecule has 4 rings (SSSR count). The normalized spacial score (nSPS) is 17.8. The number of hydrogen-bond acceptors (Lipinski definition) is 5. The summed E-state index contributed by atoms with van der Waals surface area (Å²) in [5, 5.41) is 5.42. The molecule has 1 amide bonds. The molecule has 0 aliphatic carbocycles. The molecule has 2 N–H and O–H groups in total. The van der Waals surface area contributed by atoms with Crippen LogP contribution in [0.15, 0.2) is 42.9 Å². The summed E-state index contributed by atoms with van der Waals surface area (Å²) in [7, 11) is 0. The summed E-state index contributed by atoms with van der Waals surface area (Å²) >= 11 is 0. The number of primary amides is 1. The molecule has 1 aliphatic heterocycles. The predicted molar refractivity (Wildman–Crippen MR) is 95.4 cm³/mol. The second-order valence-electron chi connectivity index (χ2n) is 6.45. The molecule has 1 aliphatic rings. The zero-order valence-electron chi connectivity index (χ0n) is 13.9. The molecule has 1 saturated heterocycles. The van der Waals surface area contributed by atoms with Crippen LogP contribution in [0.25, 0.3) is 16.7 Å². The maximum atomic E-state index is 11.2. The summed E-state index contributed by atoms with van der Waals surface area (Å²) in [4.78, 5) is 22.4. The van der Waals surface area contributed by atoms with Gasteiger partial charge in [0.2, 0.25) is 5.91 Å². The van der Waals surface area contributed by atoms with Crippen molar-refractivity contribution in [1.29, 1.82) is 0 Å². The van der Waals surface area contributed by atoms with Crippen molar-refractivity contribution in [3.63, 3.8) is 0 Å². The van der Waals surface area contributed by atoms with E-state index in [1.807, 2.05) is 41.2 Å². The third-order valence-electron chi connectivity index (χ3n) is 4.65. The number of amides is 1. The van der Waals surface area contributed by atoms with Crippen molar-refractivity contribution in [2.75, 3.05) is 18.0 Å². The van der Waals surface area contributed by atoms with Gasteiger partial charge in [-0.3, -0.25) is 4.79 Å². The highest BCUT2D eigenvalue weighted by atomic mass is 16.1. The number of aromatic nitrogens is 4. The fourth-order valence-corrected chi connectivity index (χ4v) is 3.55. The van der Waals surface area contributed by atoms with Crippen molar-refractivity contribution in [2.45, 2.75) is 19.3 Å². The largest absolute Gasteiger partial charge is 0.370 e. The Kier molecular flexibility index (Phi) is 4.05. The highest BCUT2D eigenvalue weighted by Gasteiger charge is 2.24. The molecular weight excluding hydrogens is 316 g/mol. The van der Waals surface area contributed by atoms with E-state index in [-0.39, 0.29) is 11.8 Å². The smallest absolute Gasteiger partial charge is 0.217 e. The van der Waals surface area contributed by atoms with E-state index in [2.05, 4.69) is 20.0 Å². The quantitative estimate of drug-likeness (QED) is 0.786. The Hall–Kier alpha value is -2.96. The maximum absolute atomic E-state index is 11.2. The van der Waals surface area contributed by atoms with Gasteiger partial charge in [-0.1, -0.05) is 18.2 Å². The van der Waals surface area contributed by atoms with E-state index in [0.717, 1.165) is 48.5 Å². The van der Waals surface area contributed by atoms with E-state index in [4.69, 9.17) is 5.73 Å². The van der Waals surface area contributed by atoms with Gasteiger partial charge in [-0.2, -0.15) is 5.10 Å². The summed E-state index contributed by atoms with van der Waals surface area (Å²) in [5.41, 5.74) is 7.12.